The Balaban J connectivity index is 1.08. The van der Waals surface area contributed by atoms with Gasteiger partial charge in [-0.05, 0) is 39.2 Å². The second-order valence-corrected chi connectivity index (χ2v) is 20.1. The van der Waals surface area contributed by atoms with Crippen LogP contribution in [0.2, 0.25) is 0 Å². The molecule has 2 amide bonds. The number of aryl methyl sites for hydroxylation is 1. The topological polar surface area (TPSA) is 383 Å². The number of carboxylic acids is 1. The van der Waals surface area contributed by atoms with Crippen molar-refractivity contribution in [1.29, 1.82) is 0 Å². The number of aliphatic hydroxyl groups excluding tert-OH is 8. The Morgan fingerprint density at radius 2 is 1.42 bits per heavy atom. The lowest BCUT2D eigenvalue weighted by molar-refractivity contribution is -0.337. The van der Waals surface area contributed by atoms with Crippen LogP contribution in [0.1, 0.15) is 64.1 Å². The predicted molar refractivity (Wildman–Crippen MR) is 266 cm³/mol. The first kappa shape index (κ1) is 58.7. The molecule has 8 rings (SSSR count). The maximum absolute atomic E-state index is 14.6. The number of carbonyl (C=O) groups excluding carboxylic acids is 2. The number of ether oxygens (including phenoxy) is 7. The standard InChI is InChI=1S/C51H70N8O19/c1-5-10-33(48(70)71)74-46-37(53-26(4)62)49(76-36(23-61)41(46)65)75-34-19-29(18-32(58-20-30(54-56-58)27-12-7-6-8-13-27)45(34)78-51-44(68)43(67)39(63)25(3)73-51)47(69)52-15-16-72-50-42(66)38(40(64)35(22-60)77-50)59-21-31(55-57-59)28-14-9-11-24(2)17-28/h6-9,11-14,17,20-21,25,29,32-46,49-51,60-61,63-68H,5,10,15-16,18-19,22-23H2,1-4H3,(H,52,69)(H,53,62)(H,70,71)/t25?,29?,32?,33-,34+,35?,36-,37?,38?,39+,40+,41-,42?,43-,44?,45+,46?,49+,50-,51-/m0/s1. The van der Waals surface area contributed by atoms with E-state index < -0.39 is 153 Å². The molecule has 4 aromatic rings. The van der Waals surface area contributed by atoms with Gasteiger partial charge in [0.25, 0.3) is 0 Å². The number of benzene rings is 2. The number of aliphatic carboxylic acids is 1. The van der Waals surface area contributed by atoms with Crippen LogP contribution in [0, 0.1) is 12.8 Å². The molecule has 0 bridgehead atoms. The highest BCUT2D eigenvalue weighted by atomic mass is 16.7. The van der Waals surface area contributed by atoms with Gasteiger partial charge in [0.05, 0.1) is 50.5 Å². The van der Waals surface area contributed by atoms with E-state index in [-0.39, 0.29) is 32.4 Å². The van der Waals surface area contributed by atoms with E-state index in [2.05, 4.69) is 31.3 Å². The summed E-state index contributed by atoms with van der Waals surface area (Å²) >= 11 is 0. The minimum Gasteiger partial charge on any atom is -0.479 e. The van der Waals surface area contributed by atoms with E-state index in [9.17, 15) is 60.3 Å². The molecule has 20 atom stereocenters. The third-order valence-corrected chi connectivity index (χ3v) is 14.5. The summed E-state index contributed by atoms with van der Waals surface area (Å²) in [6.07, 6.45) is -20.7. The van der Waals surface area contributed by atoms with E-state index in [1.807, 2.05) is 37.3 Å². The zero-order chi connectivity index (χ0) is 55.9. The lowest BCUT2D eigenvalue weighted by Gasteiger charge is -2.49. The van der Waals surface area contributed by atoms with Crippen molar-refractivity contribution in [2.75, 3.05) is 26.4 Å². The number of nitrogens with one attached hydrogen (secondary N) is 2. The van der Waals surface area contributed by atoms with Crippen molar-refractivity contribution < 1.29 is 93.5 Å². The summed E-state index contributed by atoms with van der Waals surface area (Å²) in [6, 6.07) is 12.9. The number of hydrogen-bond acceptors (Lipinski definition) is 22. The molecule has 3 aliphatic heterocycles. The highest BCUT2D eigenvalue weighted by Crippen LogP contribution is 2.41. The second-order valence-electron chi connectivity index (χ2n) is 20.1. The molecule has 3 saturated heterocycles. The highest BCUT2D eigenvalue weighted by Gasteiger charge is 2.54. The molecule has 2 aromatic heterocycles. The van der Waals surface area contributed by atoms with E-state index in [0.29, 0.717) is 23.4 Å². The quantitative estimate of drug-likeness (QED) is 0.0406. The predicted octanol–water partition coefficient (Wildman–Crippen LogP) is -1.90. The van der Waals surface area contributed by atoms with Gasteiger partial charge in [0.1, 0.15) is 84.5 Å². The smallest absolute Gasteiger partial charge is 0.332 e. The van der Waals surface area contributed by atoms with Crippen molar-refractivity contribution in [1.82, 2.24) is 40.6 Å². The summed E-state index contributed by atoms with van der Waals surface area (Å²) in [5, 5.41) is 121. The third kappa shape index (κ3) is 13.2. The summed E-state index contributed by atoms with van der Waals surface area (Å²) in [7, 11) is 0. The second kappa shape index (κ2) is 26.2. The molecule has 78 heavy (non-hydrogen) atoms. The number of nitrogens with zero attached hydrogens (tertiary/aromatic N) is 6. The van der Waals surface area contributed by atoms with Gasteiger partial charge in [-0.25, -0.2) is 14.2 Å². The molecule has 9 unspecified atom stereocenters. The molecule has 1 saturated carbocycles. The van der Waals surface area contributed by atoms with Crippen LogP contribution in [0.5, 0.6) is 0 Å². The van der Waals surface area contributed by atoms with Crippen molar-refractivity contribution in [3.63, 3.8) is 0 Å². The number of rotatable bonds is 21. The van der Waals surface area contributed by atoms with Gasteiger partial charge in [0, 0.05) is 30.5 Å². The third-order valence-electron chi connectivity index (χ3n) is 14.5. The number of aromatic nitrogens is 6. The maximum Gasteiger partial charge on any atom is 0.332 e. The maximum atomic E-state index is 14.6. The van der Waals surface area contributed by atoms with Gasteiger partial charge in [0.15, 0.2) is 25.0 Å². The minimum absolute atomic E-state index is 0.00886. The lowest BCUT2D eigenvalue weighted by atomic mass is 9.80. The lowest BCUT2D eigenvalue weighted by Crippen LogP contribution is -2.67. The Morgan fingerprint density at radius 3 is 2.10 bits per heavy atom. The molecule has 1 aliphatic carbocycles. The van der Waals surface area contributed by atoms with Gasteiger partial charge in [-0.1, -0.05) is 77.9 Å². The molecule has 428 valence electrons. The zero-order valence-corrected chi connectivity index (χ0v) is 43.3. The van der Waals surface area contributed by atoms with Crippen LogP contribution in [0.4, 0.5) is 0 Å². The van der Waals surface area contributed by atoms with Crippen LogP contribution < -0.4 is 10.6 Å². The summed E-state index contributed by atoms with van der Waals surface area (Å²) < 4.78 is 45.8. The highest BCUT2D eigenvalue weighted by molar-refractivity contribution is 5.79. The monoisotopic (exact) mass is 1100 g/mol. The summed E-state index contributed by atoms with van der Waals surface area (Å²) in [4.78, 5) is 39.9. The summed E-state index contributed by atoms with van der Waals surface area (Å²) in [5.74, 6) is -3.59. The molecule has 0 radical (unpaired) electrons. The van der Waals surface area contributed by atoms with Crippen LogP contribution in [0.3, 0.4) is 0 Å². The summed E-state index contributed by atoms with van der Waals surface area (Å²) in [6.45, 7) is 4.37. The molecule has 27 nitrogen and oxygen atoms in total. The molecule has 2 aromatic carbocycles. The Morgan fingerprint density at radius 1 is 0.756 bits per heavy atom. The molecule has 27 heteroatoms. The van der Waals surface area contributed by atoms with Gasteiger partial charge < -0.3 is 89.8 Å². The Kier molecular flexibility index (Phi) is 19.7. The average Bonchev–Trinajstić information content (AvgIpc) is 4.22. The first-order valence-corrected chi connectivity index (χ1v) is 26.0. The fraction of sp³-hybridized carbons (Fsp3) is 0.627. The SMILES string of the molecule is CCC[C@H](OC1C(NC(C)=O)[C@H](O[C@@H]2CC(C(=O)NCCO[C@H]3OC(CO)[C@@H](O)C(n4cc(-c5cccc(C)c5)nn4)C3O)CC(n3cc(-c4ccccc4)nn3)[C@H]2O[C@@H]2OC(C)[C@@H](O)[C@H](O)C2O)O[C@@H](CO)[C@@H]1O)C(=O)O. The molecule has 4 fully saturated rings. The molecule has 4 aliphatic rings. The molecular formula is C51H70N8O19. The van der Waals surface area contributed by atoms with Crippen molar-refractivity contribution >= 4 is 17.8 Å². The molecule has 11 N–H and O–H groups in total. The van der Waals surface area contributed by atoms with Crippen LogP contribution in [-0.2, 0) is 47.5 Å². The number of carboxylic acid groups (broad SMARTS) is 1. The Hall–Kier alpha value is -5.47. The van der Waals surface area contributed by atoms with Gasteiger partial charge in [0.2, 0.25) is 11.8 Å². The zero-order valence-electron chi connectivity index (χ0n) is 43.3. The van der Waals surface area contributed by atoms with Crippen LogP contribution in [0.15, 0.2) is 67.0 Å². The van der Waals surface area contributed by atoms with Crippen molar-refractivity contribution in [3.8, 4) is 22.5 Å². The number of amides is 2. The first-order valence-electron chi connectivity index (χ1n) is 26.0. The van der Waals surface area contributed by atoms with E-state index in [4.69, 9.17) is 33.2 Å². The van der Waals surface area contributed by atoms with E-state index in [1.54, 1.807) is 43.6 Å². The normalized spacial score (nSPS) is 34.7. The molecular weight excluding hydrogens is 1030 g/mol. The van der Waals surface area contributed by atoms with E-state index in [1.165, 1.54) is 16.3 Å². The van der Waals surface area contributed by atoms with Crippen LogP contribution in [-0.4, -0.2) is 224 Å². The van der Waals surface area contributed by atoms with Crippen molar-refractivity contribution in [2.24, 2.45) is 5.92 Å². The van der Waals surface area contributed by atoms with Crippen LogP contribution in [0.25, 0.3) is 22.5 Å². The van der Waals surface area contributed by atoms with E-state index in [0.717, 1.165) is 18.1 Å². The Bertz CT molecular complexity index is 2600. The number of hydrogen-bond donors (Lipinski definition) is 11. The van der Waals surface area contributed by atoms with Gasteiger partial charge in [-0.15, -0.1) is 10.2 Å². The Labute approximate surface area is 447 Å². The van der Waals surface area contributed by atoms with Gasteiger partial charge in [-0.2, -0.15) is 0 Å². The molecule has 5 heterocycles. The largest absolute Gasteiger partial charge is 0.479 e. The summed E-state index contributed by atoms with van der Waals surface area (Å²) in [5.41, 5.74) is 3.29. The number of aliphatic hydroxyl groups is 8. The fourth-order valence-corrected chi connectivity index (χ4v) is 10.4. The van der Waals surface area contributed by atoms with Gasteiger partial charge >= 0.3 is 5.97 Å². The first-order chi connectivity index (χ1) is 37.4. The van der Waals surface area contributed by atoms with Crippen LogP contribution >= 0.6 is 0 Å². The van der Waals surface area contributed by atoms with Crippen molar-refractivity contribution in [2.45, 2.75) is 170 Å². The van der Waals surface area contributed by atoms with E-state index >= 15 is 0 Å². The van der Waals surface area contributed by atoms with Crippen molar-refractivity contribution in [3.05, 3.63) is 72.6 Å². The molecule has 0 spiro atoms. The minimum atomic E-state index is -1.82. The number of carbonyl (C=O) groups is 3. The average molecular weight is 1100 g/mol. The van der Waals surface area contributed by atoms with Gasteiger partial charge in [-0.3, -0.25) is 9.59 Å². The fourth-order valence-electron chi connectivity index (χ4n) is 10.4.